The minimum Gasteiger partial charge on any atom is -0.245 e. The predicted molar refractivity (Wildman–Crippen MR) is 214 cm³/mol. The molecule has 0 spiro atoms. The maximum atomic E-state index is 5.29. The summed E-state index contributed by atoms with van der Waals surface area (Å²) in [6.07, 6.45) is 0. The van der Waals surface area contributed by atoms with Gasteiger partial charge in [0.25, 0.3) is 0 Å². The van der Waals surface area contributed by atoms with Crippen molar-refractivity contribution in [3.05, 3.63) is 181 Å². The zero-order valence-corrected chi connectivity index (χ0v) is 28.6. The monoisotopic (exact) mass is 650 g/mol. The summed E-state index contributed by atoms with van der Waals surface area (Å²) < 4.78 is 0. The molecule has 0 aliphatic heterocycles. The highest BCUT2D eigenvalue weighted by Gasteiger charge is 2.35. The number of rotatable bonds is 4. The summed E-state index contributed by atoms with van der Waals surface area (Å²) in [5.74, 6) is 0. The van der Waals surface area contributed by atoms with Crippen LogP contribution in [0.3, 0.4) is 0 Å². The van der Waals surface area contributed by atoms with Gasteiger partial charge in [-0.05, 0) is 73.5 Å². The van der Waals surface area contributed by atoms with Gasteiger partial charge in [-0.15, -0.1) is 0 Å². The number of hydrogen-bond acceptors (Lipinski definition) is 2. The lowest BCUT2D eigenvalue weighted by molar-refractivity contribution is 0.660. The molecule has 0 N–H and O–H groups in total. The third kappa shape index (κ3) is 4.71. The molecule has 2 aromatic heterocycles. The Kier molecular flexibility index (Phi) is 6.56. The molecular weight excluding hydrogens is 617 g/mol. The van der Waals surface area contributed by atoms with Crippen LogP contribution in [0, 0.1) is 0 Å². The summed E-state index contributed by atoms with van der Waals surface area (Å²) in [4.78, 5) is 10.4. The Labute approximate surface area is 297 Å². The van der Waals surface area contributed by atoms with Crippen molar-refractivity contribution in [2.75, 3.05) is 0 Å². The minimum atomic E-state index is -0.0167. The molecule has 51 heavy (non-hydrogen) atoms. The third-order valence-corrected chi connectivity index (χ3v) is 10.9. The van der Waals surface area contributed by atoms with Gasteiger partial charge in [0, 0.05) is 27.3 Å². The summed E-state index contributed by atoms with van der Waals surface area (Å²) in [7, 11) is 0. The summed E-state index contributed by atoms with van der Waals surface area (Å²) in [5, 5.41) is 4.57. The van der Waals surface area contributed by atoms with E-state index in [1.54, 1.807) is 0 Å². The van der Waals surface area contributed by atoms with Gasteiger partial charge in [-0.25, -0.2) is 9.97 Å². The van der Waals surface area contributed by atoms with Crippen LogP contribution >= 0.6 is 0 Å². The second-order valence-corrected chi connectivity index (χ2v) is 14.2. The Bertz CT molecular complexity index is 2810. The van der Waals surface area contributed by atoms with Gasteiger partial charge in [0.05, 0.1) is 22.4 Å². The average molecular weight is 651 g/mol. The quantitative estimate of drug-likeness (QED) is 0.177. The lowest BCUT2D eigenvalue weighted by Crippen LogP contribution is -2.14. The first-order valence-electron chi connectivity index (χ1n) is 17.7. The van der Waals surface area contributed by atoms with Gasteiger partial charge in [0.15, 0.2) is 0 Å². The van der Waals surface area contributed by atoms with Crippen LogP contribution in [0.5, 0.6) is 0 Å². The van der Waals surface area contributed by atoms with Crippen molar-refractivity contribution in [2.45, 2.75) is 19.3 Å². The van der Waals surface area contributed by atoms with Gasteiger partial charge in [-0.3, -0.25) is 0 Å². The fourth-order valence-electron chi connectivity index (χ4n) is 8.19. The first-order valence-corrected chi connectivity index (χ1v) is 17.7. The fourth-order valence-corrected chi connectivity index (χ4v) is 8.19. The lowest BCUT2D eigenvalue weighted by Gasteiger charge is -2.22. The van der Waals surface area contributed by atoms with Gasteiger partial charge in [-0.2, -0.15) is 0 Å². The summed E-state index contributed by atoms with van der Waals surface area (Å²) in [5.41, 5.74) is 16.4. The van der Waals surface area contributed by atoms with Crippen LogP contribution in [0.2, 0.25) is 0 Å². The normalized spacial score (nSPS) is 13.1. The summed E-state index contributed by atoms with van der Waals surface area (Å²) in [6, 6.07) is 61.2. The molecule has 0 saturated carbocycles. The Morgan fingerprint density at radius 3 is 1.65 bits per heavy atom. The topological polar surface area (TPSA) is 25.8 Å². The van der Waals surface area contributed by atoms with E-state index >= 15 is 0 Å². The second kappa shape index (κ2) is 11.3. The molecule has 0 bridgehead atoms. The molecule has 0 fully saturated rings. The van der Waals surface area contributed by atoms with E-state index < -0.39 is 0 Å². The van der Waals surface area contributed by atoms with E-state index in [1.807, 2.05) is 6.07 Å². The molecule has 0 atom stereocenters. The van der Waals surface area contributed by atoms with Crippen molar-refractivity contribution in [1.82, 2.24) is 9.97 Å². The van der Waals surface area contributed by atoms with Gasteiger partial charge in [-0.1, -0.05) is 166 Å². The molecule has 9 aromatic rings. The largest absolute Gasteiger partial charge is 0.245 e. The maximum Gasteiger partial charge on any atom is 0.0972 e. The number of benzene rings is 7. The van der Waals surface area contributed by atoms with Crippen molar-refractivity contribution >= 4 is 32.6 Å². The van der Waals surface area contributed by atoms with Crippen LogP contribution in [0.4, 0.5) is 0 Å². The number of fused-ring (bicyclic) bond motifs is 7. The molecule has 1 aliphatic carbocycles. The molecular formula is C49H34N2. The van der Waals surface area contributed by atoms with Crippen LogP contribution in [0.15, 0.2) is 170 Å². The van der Waals surface area contributed by atoms with Crippen LogP contribution in [0.25, 0.3) is 88.5 Å². The minimum absolute atomic E-state index is 0.0167. The van der Waals surface area contributed by atoms with Gasteiger partial charge in [0.1, 0.15) is 0 Å². The van der Waals surface area contributed by atoms with Gasteiger partial charge < -0.3 is 0 Å². The molecule has 1 aliphatic rings. The SMILES string of the molecule is CC1(C)c2ccccc2-c2ccc(-c3ccc(-c4ccc(-c5ccc6ccc7ccc(-c8ccccc8)nc7c6n5)c5ccccc45)cc3)cc21. The highest BCUT2D eigenvalue weighted by atomic mass is 14.8. The highest BCUT2D eigenvalue weighted by molar-refractivity contribution is 6.07. The highest BCUT2D eigenvalue weighted by Crippen LogP contribution is 2.49. The van der Waals surface area contributed by atoms with E-state index in [9.17, 15) is 0 Å². The smallest absolute Gasteiger partial charge is 0.0972 e. The Balaban J connectivity index is 1.03. The number of aromatic nitrogens is 2. The van der Waals surface area contributed by atoms with Crippen LogP contribution < -0.4 is 0 Å². The van der Waals surface area contributed by atoms with Crippen molar-refractivity contribution in [2.24, 2.45) is 0 Å². The molecule has 0 saturated heterocycles. The van der Waals surface area contributed by atoms with E-state index in [-0.39, 0.29) is 5.41 Å². The number of nitrogens with zero attached hydrogens (tertiary/aromatic N) is 2. The lowest BCUT2D eigenvalue weighted by atomic mass is 9.81. The summed E-state index contributed by atoms with van der Waals surface area (Å²) >= 11 is 0. The number of hydrogen-bond donors (Lipinski definition) is 0. The Hall–Kier alpha value is -6.38. The first-order chi connectivity index (χ1) is 25.0. The van der Waals surface area contributed by atoms with Crippen molar-refractivity contribution in [1.29, 1.82) is 0 Å². The predicted octanol–water partition coefficient (Wildman–Crippen LogP) is 12.9. The van der Waals surface area contributed by atoms with Gasteiger partial charge in [0.2, 0.25) is 0 Å². The second-order valence-electron chi connectivity index (χ2n) is 14.2. The van der Waals surface area contributed by atoms with Crippen molar-refractivity contribution < 1.29 is 0 Å². The number of pyridine rings is 2. The first kappa shape index (κ1) is 29.5. The molecule has 240 valence electrons. The van der Waals surface area contributed by atoms with E-state index in [2.05, 4.69) is 178 Å². The van der Waals surface area contributed by atoms with Crippen LogP contribution in [-0.2, 0) is 5.41 Å². The molecule has 2 nitrogen and oxygen atoms in total. The van der Waals surface area contributed by atoms with E-state index in [1.165, 1.54) is 55.3 Å². The molecule has 0 radical (unpaired) electrons. The third-order valence-electron chi connectivity index (χ3n) is 10.9. The average Bonchev–Trinajstić information content (AvgIpc) is 3.43. The fraction of sp³-hybridized carbons (Fsp3) is 0.0612. The molecule has 0 unspecified atom stereocenters. The van der Waals surface area contributed by atoms with E-state index in [4.69, 9.17) is 9.97 Å². The van der Waals surface area contributed by atoms with Crippen molar-refractivity contribution in [3.8, 4) is 55.9 Å². The van der Waals surface area contributed by atoms with E-state index in [0.717, 1.165) is 44.3 Å². The molecule has 2 heteroatoms. The maximum absolute atomic E-state index is 5.29. The molecule has 7 aromatic carbocycles. The molecule has 0 amide bonds. The summed E-state index contributed by atoms with van der Waals surface area (Å²) in [6.45, 7) is 4.68. The van der Waals surface area contributed by atoms with Gasteiger partial charge >= 0.3 is 0 Å². The standard InChI is InChI=1S/C49H34N2/c1-49(2)43-15-9-8-14-40(43)41-25-22-36(30-44(41)49)31-16-18-32(19-17-31)37-26-27-42(39-13-7-6-12-38(37)39)46-29-24-35-21-20-34-23-28-45(33-10-4-3-5-11-33)50-47(34)48(35)51-46/h3-30H,1-2H3. The van der Waals surface area contributed by atoms with Crippen LogP contribution in [-0.4, -0.2) is 9.97 Å². The zero-order valence-electron chi connectivity index (χ0n) is 28.6. The van der Waals surface area contributed by atoms with E-state index in [0.29, 0.717) is 0 Å². The van der Waals surface area contributed by atoms with Crippen LogP contribution in [0.1, 0.15) is 25.0 Å². The molecule has 2 heterocycles. The Morgan fingerprint density at radius 2 is 0.882 bits per heavy atom. The molecule has 10 rings (SSSR count). The zero-order chi connectivity index (χ0) is 34.1. The van der Waals surface area contributed by atoms with Crippen molar-refractivity contribution in [3.63, 3.8) is 0 Å². The Morgan fingerprint density at radius 1 is 0.353 bits per heavy atom.